The molecule has 0 saturated carbocycles. The van der Waals surface area contributed by atoms with Crippen molar-refractivity contribution in [3.63, 3.8) is 0 Å². The summed E-state index contributed by atoms with van der Waals surface area (Å²) in [5, 5.41) is 3.48. The summed E-state index contributed by atoms with van der Waals surface area (Å²) in [6.45, 7) is 6.37. The molecule has 3 aliphatic rings. The number of fused-ring (bicyclic) bond motifs is 2. The molecule has 5 unspecified atom stereocenters. The minimum absolute atomic E-state index is 0.00248. The van der Waals surface area contributed by atoms with Crippen LogP contribution >= 0.6 is 0 Å². The molecule has 3 heterocycles. The second kappa shape index (κ2) is 3.44. The Labute approximate surface area is 91.5 Å². The lowest BCUT2D eigenvalue weighted by atomic mass is 9.77. The zero-order valence-electron chi connectivity index (χ0n) is 9.66. The smallest absolute Gasteiger partial charge is 0.0836 e. The van der Waals surface area contributed by atoms with Crippen molar-refractivity contribution >= 4 is 0 Å². The molecule has 5 atom stereocenters. The van der Waals surface area contributed by atoms with Crippen LogP contribution in [0.25, 0.3) is 0 Å². The van der Waals surface area contributed by atoms with E-state index in [1.807, 2.05) is 0 Å². The van der Waals surface area contributed by atoms with Gasteiger partial charge >= 0.3 is 0 Å². The van der Waals surface area contributed by atoms with E-state index in [2.05, 4.69) is 19.2 Å². The highest BCUT2D eigenvalue weighted by atomic mass is 16.5. The van der Waals surface area contributed by atoms with Crippen molar-refractivity contribution < 1.29 is 9.47 Å². The van der Waals surface area contributed by atoms with Crippen molar-refractivity contribution in [3.05, 3.63) is 0 Å². The summed E-state index contributed by atoms with van der Waals surface area (Å²) in [6.07, 6.45) is 5.03. The van der Waals surface area contributed by atoms with Gasteiger partial charge in [0.15, 0.2) is 0 Å². The van der Waals surface area contributed by atoms with E-state index in [9.17, 15) is 0 Å². The minimum atomic E-state index is -0.00248. The molecular formula is C12H21NO2. The quantitative estimate of drug-likeness (QED) is 0.709. The van der Waals surface area contributed by atoms with E-state index in [1.54, 1.807) is 0 Å². The average Bonchev–Trinajstić information content (AvgIpc) is 2.78. The van der Waals surface area contributed by atoms with Crippen LogP contribution in [-0.2, 0) is 9.47 Å². The lowest BCUT2D eigenvalue weighted by Gasteiger charge is -2.44. The van der Waals surface area contributed by atoms with Gasteiger partial charge in [-0.05, 0) is 33.1 Å². The van der Waals surface area contributed by atoms with Gasteiger partial charge in [0.1, 0.15) is 0 Å². The molecule has 3 rings (SSSR count). The summed E-state index contributed by atoms with van der Waals surface area (Å²) >= 11 is 0. The van der Waals surface area contributed by atoms with Gasteiger partial charge in [-0.2, -0.15) is 0 Å². The van der Waals surface area contributed by atoms with Crippen LogP contribution in [0.5, 0.6) is 0 Å². The minimum Gasteiger partial charge on any atom is -0.375 e. The van der Waals surface area contributed by atoms with E-state index in [1.165, 1.54) is 19.3 Å². The van der Waals surface area contributed by atoms with Gasteiger partial charge in [-0.3, -0.25) is 0 Å². The first kappa shape index (κ1) is 10.1. The van der Waals surface area contributed by atoms with E-state index in [-0.39, 0.29) is 5.60 Å². The molecule has 3 aliphatic heterocycles. The molecule has 86 valence electrons. The molecule has 1 N–H and O–H groups in total. The fourth-order valence-corrected chi connectivity index (χ4v) is 3.57. The Morgan fingerprint density at radius 1 is 1.33 bits per heavy atom. The summed E-state index contributed by atoms with van der Waals surface area (Å²) < 4.78 is 12.1. The molecular weight excluding hydrogens is 190 g/mol. The van der Waals surface area contributed by atoms with Gasteiger partial charge < -0.3 is 14.8 Å². The topological polar surface area (TPSA) is 30.5 Å². The highest BCUT2D eigenvalue weighted by Gasteiger charge is 2.51. The normalized spacial score (nSPS) is 54.8. The van der Waals surface area contributed by atoms with Gasteiger partial charge in [0.25, 0.3) is 0 Å². The summed E-state index contributed by atoms with van der Waals surface area (Å²) in [4.78, 5) is 0. The number of rotatable bonds is 1. The number of morpholine rings is 1. The van der Waals surface area contributed by atoms with Crippen molar-refractivity contribution in [1.82, 2.24) is 5.32 Å². The molecule has 0 aromatic heterocycles. The van der Waals surface area contributed by atoms with Crippen LogP contribution in [0.1, 0.15) is 33.1 Å². The maximum atomic E-state index is 6.17. The first-order chi connectivity index (χ1) is 7.17. The van der Waals surface area contributed by atoms with Gasteiger partial charge in [-0.15, -0.1) is 0 Å². The van der Waals surface area contributed by atoms with Crippen molar-refractivity contribution in [3.8, 4) is 0 Å². The Morgan fingerprint density at radius 3 is 2.80 bits per heavy atom. The van der Waals surface area contributed by atoms with E-state index in [0.717, 1.165) is 13.1 Å². The Balaban J connectivity index is 1.75. The number of ether oxygens (including phenoxy) is 2. The highest BCUT2D eigenvalue weighted by Crippen LogP contribution is 2.45. The summed E-state index contributed by atoms with van der Waals surface area (Å²) in [5.41, 5.74) is -0.00248. The maximum Gasteiger partial charge on any atom is 0.0836 e. The lowest BCUT2D eigenvalue weighted by Crippen LogP contribution is -2.57. The fourth-order valence-electron chi connectivity index (χ4n) is 3.57. The first-order valence-corrected chi connectivity index (χ1v) is 6.21. The van der Waals surface area contributed by atoms with Crippen LogP contribution in [0.3, 0.4) is 0 Å². The zero-order chi connectivity index (χ0) is 10.5. The van der Waals surface area contributed by atoms with Crippen LogP contribution in [0.2, 0.25) is 0 Å². The molecule has 0 spiro atoms. The first-order valence-electron chi connectivity index (χ1n) is 6.21. The summed E-state index contributed by atoms with van der Waals surface area (Å²) in [7, 11) is 0. The van der Waals surface area contributed by atoms with Crippen molar-refractivity contribution in [2.45, 2.75) is 57.0 Å². The van der Waals surface area contributed by atoms with E-state index in [0.29, 0.717) is 24.2 Å². The van der Waals surface area contributed by atoms with Gasteiger partial charge in [-0.25, -0.2) is 0 Å². The maximum absolute atomic E-state index is 6.17. The Hall–Kier alpha value is -0.120. The number of hydrogen-bond donors (Lipinski definition) is 1. The van der Waals surface area contributed by atoms with E-state index >= 15 is 0 Å². The molecule has 15 heavy (non-hydrogen) atoms. The molecule has 3 heteroatoms. The Morgan fingerprint density at radius 2 is 2.20 bits per heavy atom. The Bertz CT molecular complexity index is 258. The third-order valence-corrected chi connectivity index (χ3v) is 4.27. The molecule has 0 radical (unpaired) electrons. The second-order valence-electron chi connectivity index (χ2n) is 5.59. The third kappa shape index (κ3) is 1.61. The third-order valence-electron chi connectivity index (χ3n) is 4.27. The second-order valence-corrected chi connectivity index (χ2v) is 5.59. The lowest BCUT2D eigenvalue weighted by molar-refractivity contribution is -0.140. The molecule has 3 saturated heterocycles. The molecule has 0 aromatic carbocycles. The highest BCUT2D eigenvalue weighted by molar-refractivity contribution is 5.01. The predicted octanol–water partition coefficient (Wildman–Crippen LogP) is 1.32. The molecule has 3 nitrogen and oxygen atoms in total. The SMILES string of the molecule is CC1CNCC(C)(C2CC3CCC2O3)O1. The van der Waals surface area contributed by atoms with Crippen LogP contribution < -0.4 is 5.32 Å². The van der Waals surface area contributed by atoms with Crippen LogP contribution in [0, 0.1) is 5.92 Å². The van der Waals surface area contributed by atoms with Crippen LogP contribution in [0.15, 0.2) is 0 Å². The van der Waals surface area contributed by atoms with Crippen molar-refractivity contribution in [1.29, 1.82) is 0 Å². The standard InChI is InChI=1S/C12H21NO2/c1-8-6-13-7-12(2,15-8)10-5-9-3-4-11(10)14-9/h8-11,13H,3-7H2,1-2H3. The van der Waals surface area contributed by atoms with E-state index < -0.39 is 0 Å². The van der Waals surface area contributed by atoms with Gasteiger partial charge in [0.05, 0.1) is 23.9 Å². The zero-order valence-corrected chi connectivity index (χ0v) is 9.66. The molecule has 2 bridgehead atoms. The van der Waals surface area contributed by atoms with Gasteiger partial charge in [0.2, 0.25) is 0 Å². The number of nitrogens with one attached hydrogen (secondary N) is 1. The van der Waals surface area contributed by atoms with E-state index in [4.69, 9.17) is 9.47 Å². The Kier molecular flexibility index (Phi) is 2.31. The summed E-state index contributed by atoms with van der Waals surface area (Å²) in [6, 6.07) is 0. The van der Waals surface area contributed by atoms with Crippen molar-refractivity contribution in [2.75, 3.05) is 13.1 Å². The molecule has 0 aromatic rings. The predicted molar refractivity (Wildman–Crippen MR) is 57.8 cm³/mol. The molecule has 3 fully saturated rings. The summed E-state index contributed by atoms with van der Waals surface area (Å²) in [5.74, 6) is 0.603. The van der Waals surface area contributed by atoms with Crippen LogP contribution in [-0.4, -0.2) is 37.0 Å². The largest absolute Gasteiger partial charge is 0.375 e. The fraction of sp³-hybridized carbons (Fsp3) is 1.00. The molecule has 0 aliphatic carbocycles. The van der Waals surface area contributed by atoms with Crippen LogP contribution in [0.4, 0.5) is 0 Å². The van der Waals surface area contributed by atoms with Crippen molar-refractivity contribution in [2.24, 2.45) is 5.92 Å². The monoisotopic (exact) mass is 211 g/mol. The molecule has 0 amide bonds. The van der Waals surface area contributed by atoms with Gasteiger partial charge in [0, 0.05) is 19.0 Å². The van der Waals surface area contributed by atoms with Gasteiger partial charge in [-0.1, -0.05) is 0 Å². The number of hydrogen-bond acceptors (Lipinski definition) is 3. The average molecular weight is 211 g/mol.